The third-order valence-electron chi connectivity index (χ3n) is 3.65. The number of allylic oxidation sites excluding steroid dienone is 1. The van der Waals surface area contributed by atoms with Crippen molar-refractivity contribution in [1.82, 2.24) is 10.3 Å². The van der Waals surface area contributed by atoms with Crippen molar-refractivity contribution in [2.75, 3.05) is 5.33 Å². The Morgan fingerprint density at radius 1 is 1.35 bits per heavy atom. The van der Waals surface area contributed by atoms with Crippen molar-refractivity contribution in [3.8, 4) is 0 Å². The fraction of sp³-hybridized carbons (Fsp3) is 0.250. The van der Waals surface area contributed by atoms with Crippen LogP contribution in [-0.2, 0) is 0 Å². The molecule has 0 amide bonds. The number of thiazole rings is 1. The number of benzene rings is 1. The molecule has 1 atom stereocenters. The summed E-state index contributed by atoms with van der Waals surface area (Å²) < 4.78 is 0. The first-order valence-electron chi connectivity index (χ1n) is 7.11. The molecular formula is C16H14BrCl2N3S. The van der Waals surface area contributed by atoms with Crippen LogP contribution >= 0.6 is 50.5 Å². The van der Waals surface area contributed by atoms with Crippen molar-refractivity contribution in [2.45, 2.75) is 19.4 Å². The molecule has 2 aromatic rings. The van der Waals surface area contributed by atoms with Crippen LogP contribution in [0.2, 0.25) is 10.0 Å². The van der Waals surface area contributed by atoms with E-state index in [1.165, 1.54) is 5.57 Å². The Morgan fingerprint density at radius 2 is 2.17 bits per heavy atom. The maximum atomic E-state index is 6.43. The van der Waals surface area contributed by atoms with E-state index in [2.05, 4.69) is 33.2 Å². The predicted molar refractivity (Wildman–Crippen MR) is 102 cm³/mol. The molecule has 120 valence electrons. The first-order valence-corrected chi connectivity index (χ1v) is 9.87. The van der Waals surface area contributed by atoms with Crippen LogP contribution in [0.25, 0.3) is 0 Å². The molecule has 0 spiro atoms. The number of hydrogen-bond acceptors (Lipinski definition) is 4. The molecule has 1 aromatic carbocycles. The van der Waals surface area contributed by atoms with E-state index in [4.69, 9.17) is 28.2 Å². The number of amidine groups is 1. The lowest BCUT2D eigenvalue weighted by atomic mass is 9.94. The van der Waals surface area contributed by atoms with Gasteiger partial charge in [0.15, 0.2) is 10.8 Å². The average molecular weight is 431 g/mol. The lowest BCUT2D eigenvalue weighted by molar-refractivity contribution is 0.746. The molecule has 3 nitrogen and oxygen atoms in total. The zero-order valence-corrected chi connectivity index (χ0v) is 16.2. The minimum atomic E-state index is -0.127. The number of nitrogens with one attached hydrogen (secondary N) is 1. The largest absolute Gasteiger partial charge is 0.341 e. The number of alkyl halides is 1. The number of rotatable bonds is 4. The predicted octanol–water partition coefficient (Wildman–Crippen LogP) is 5.60. The first kappa shape index (κ1) is 17.0. The van der Waals surface area contributed by atoms with Crippen LogP contribution in [0, 0.1) is 0 Å². The van der Waals surface area contributed by atoms with Crippen LogP contribution in [0.15, 0.2) is 46.0 Å². The Morgan fingerprint density at radius 3 is 2.78 bits per heavy atom. The van der Waals surface area contributed by atoms with Crippen molar-refractivity contribution >= 4 is 56.3 Å². The first-order chi connectivity index (χ1) is 11.1. The topological polar surface area (TPSA) is 37.3 Å². The minimum Gasteiger partial charge on any atom is -0.341 e. The second kappa shape index (κ2) is 7.34. The van der Waals surface area contributed by atoms with E-state index < -0.39 is 0 Å². The van der Waals surface area contributed by atoms with Crippen LogP contribution in [0.4, 0.5) is 0 Å². The van der Waals surface area contributed by atoms with Crippen LogP contribution < -0.4 is 5.32 Å². The van der Waals surface area contributed by atoms with Gasteiger partial charge in [-0.05, 0) is 29.7 Å². The normalized spacial score (nSPS) is 17.9. The van der Waals surface area contributed by atoms with Crippen LogP contribution in [0.5, 0.6) is 0 Å². The molecule has 0 bridgehead atoms. The lowest BCUT2D eigenvalue weighted by Gasteiger charge is -2.27. The van der Waals surface area contributed by atoms with Gasteiger partial charge in [-0.3, -0.25) is 4.99 Å². The van der Waals surface area contributed by atoms with Gasteiger partial charge in [0.25, 0.3) is 0 Å². The number of aliphatic imine (C=N–C) groups is 1. The van der Waals surface area contributed by atoms with E-state index in [1.54, 1.807) is 23.6 Å². The number of nitrogens with zero attached hydrogens (tertiary/aromatic N) is 2. The summed E-state index contributed by atoms with van der Waals surface area (Å²) in [5, 5.41) is 8.19. The Kier molecular flexibility index (Phi) is 5.42. The van der Waals surface area contributed by atoms with Crippen molar-refractivity contribution in [2.24, 2.45) is 4.99 Å². The standard InChI is InChI=1S/C16H14BrCl2N3S/c1-2-10-13(8-17)21-15(16-20-5-6-23-16)22-14(10)11-4-3-9(18)7-12(11)19/h3-7,14H,2,8H2,1H3,(H,21,22). The summed E-state index contributed by atoms with van der Waals surface area (Å²) in [5.41, 5.74) is 3.29. The molecule has 0 saturated heterocycles. The van der Waals surface area contributed by atoms with Gasteiger partial charge in [-0.25, -0.2) is 4.98 Å². The third-order valence-corrected chi connectivity index (χ3v) is 5.55. The molecule has 23 heavy (non-hydrogen) atoms. The summed E-state index contributed by atoms with van der Waals surface area (Å²) in [6.07, 6.45) is 2.66. The van der Waals surface area contributed by atoms with Gasteiger partial charge >= 0.3 is 0 Å². The third kappa shape index (κ3) is 3.48. The average Bonchev–Trinajstić information content (AvgIpc) is 3.08. The van der Waals surface area contributed by atoms with Crippen LogP contribution in [-0.4, -0.2) is 16.1 Å². The van der Waals surface area contributed by atoms with Crippen molar-refractivity contribution in [3.63, 3.8) is 0 Å². The molecule has 1 N–H and O–H groups in total. The van der Waals surface area contributed by atoms with Gasteiger partial charge in [0.1, 0.15) is 6.04 Å². The highest BCUT2D eigenvalue weighted by molar-refractivity contribution is 9.09. The van der Waals surface area contributed by atoms with E-state index in [9.17, 15) is 0 Å². The Balaban J connectivity index is 2.11. The molecule has 1 aliphatic heterocycles. The van der Waals surface area contributed by atoms with Crippen LogP contribution in [0.3, 0.4) is 0 Å². The monoisotopic (exact) mass is 429 g/mol. The molecule has 0 saturated carbocycles. The fourth-order valence-corrected chi connectivity index (χ4v) is 4.18. The van der Waals surface area contributed by atoms with E-state index in [0.717, 1.165) is 33.9 Å². The summed E-state index contributed by atoms with van der Waals surface area (Å²) >= 11 is 17.6. The fourth-order valence-electron chi connectivity index (χ4n) is 2.58. The van der Waals surface area contributed by atoms with Crippen molar-refractivity contribution in [3.05, 3.63) is 61.7 Å². The molecule has 0 radical (unpaired) electrons. The zero-order valence-electron chi connectivity index (χ0n) is 12.3. The maximum Gasteiger partial charge on any atom is 0.163 e. The van der Waals surface area contributed by atoms with Gasteiger partial charge in [0.2, 0.25) is 0 Å². The SMILES string of the molecule is CCC1=C(CBr)NC(c2nccs2)=NC1c1ccc(Cl)cc1Cl. The van der Waals surface area contributed by atoms with Crippen molar-refractivity contribution in [1.29, 1.82) is 0 Å². The summed E-state index contributed by atoms with van der Waals surface area (Å²) in [6.45, 7) is 2.13. The second-order valence-electron chi connectivity index (χ2n) is 5.00. The zero-order chi connectivity index (χ0) is 16.4. The van der Waals surface area contributed by atoms with Gasteiger partial charge < -0.3 is 5.32 Å². The molecule has 0 aliphatic carbocycles. The molecular weight excluding hydrogens is 417 g/mol. The van der Waals surface area contributed by atoms with Crippen LogP contribution in [0.1, 0.15) is 30.0 Å². The highest BCUT2D eigenvalue weighted by atomic mass is 79.9. The van der Waals surface area contributed by atoms with E-state index in [-0.39, 0.29) is 6.04 Å². The quantitative estimate of drug-likeness (QED) is 0.641. The van der Waals surface area contributed by atoms with Gasteiger partial charge in [0, 0.05) is 32.6 Å². The Hall–Kier alpha value is -0.880. The molecule has 1 aliphatic rings. The number of halogens is 3. The van der Waals surface area contributed by atoms with Gasteiger partial charge in [-0.2, -0.15) is 0 Å². The van der Waals surface area contributed by atoms with Gasteiger partial charge in [0.05, 0.1) is 0 Å². The van der Waals surface area contributed by atoms with Crippen molar-refractivity contribution < 1.29 is 0 Å². The molecule has 3 rings (SSSR count). The molecule has 1 unspecified atom stereocenters. The Labute approximate surface area is 157 Å². The summed E-state index contributed by atoms with van der Waals surface area (Å²) in [7, 11) is 0. The highest BCUT2D eigenvalue weighted by Gasteiger charge is 2.27. The smallest absolute Gasteiger partial charge is 0.163 e. The number of hydrogen-bond donors (Lipinski definition) is 1. The second-order valence-corrected chi connectivity index (χ2v) is 7.30. The van der Waals surface area contributed by atoms with E-state index in [1.807, 2.05) is 17.5 Å². The lowest BCUT2D eigenvalue weighted by Crippen LogP contribution is -2.31. The Bertz CT molecular complexity index is 772. The molecule has 0 fully saturated rings. The summed E-state index contributed by atoms with van der Waals surface area (Å²) in [6, 6.07) is 5.44. The summed E-state index contributed by atoms with van der Waals surface area (Å²) in [5.74, 6) is 0.780. The molecule has 7 heteroatoms. The van der Waals surface area contributed by atoms with Gasteiger partial charge in [-0.15, -0.1) is 11.3 Å². The highest BCUT2D eigenvalue weighted by Crippen LogP contribution is 2.38. The van der Waals surface area contributed by atoms with E-state index in [0.29, 0.717) is 10.0 Å². The van der Waals surface area contributed by atoms with Gasteiger partial charge in [-0.1, -0.05) is 52.1 Å². The maximum absolute atomic E-state index is 6.43. The number of aromatic nitrogens is 1. The summed E-state index contributed by atoms with van der Waals surface area (Å²) in [4.78, 5) is 9.24. The molecule has 1 aromatic heterocycles. The minimum absolute atomic E-state index is 0.127. The molecule has 2 heterocycles. The van der Waals surface area contributed by atoms with E-state index >= 15 is 0 Å².